The van der Waals surface area contributed by atoms with Crippen LogP contribution in [-0.4, -0.2) is 27.9 Å². The summed E-state index contributed by atoms with van der Waals surface area (Å²) < 4.78 is 62.6. The number of carbonyl (C=O) groups is 1. The molecule has 0 aliphatic carbocycles. The zero-order valence-electron chi connectivity index (χ0n) is 9.78. The molecular weight excluding hydrogens is 285 g/mol. The molecule has 1 aromatic rings. The van der Waals surface area contributed by atoms with Gasteiger partial charge in [0.2, 0.25) is 15.9 Å². The van der Waals surface area contributed by atoms with E-state index in [1.54, 1.807) is 0 Å². The molecule has 19 heavy (non-hydrogen) atoms. The highest BCUT2D eigenvalue weighted by Crippen LogP contribution is 2.30. The third-order valence-electron chi connectivity index (χ3n) is 2.17. The minimum atomic E-state index is -4.63. The normalized spacial score (nSPS) is 12.2. The Balaban J connectivity index is 2.99. The van der Waals surface area contributed by atoms with Crippen LogP contribution in [-0.2, 0) is 21.0 Å². The average Bonchev–Trinajstić information content (AvgIpc) is 2.35. The van der Waals surface area contributed by atoms with Gasteiger partial charge in [0.1, 0.15) is 0 Å². The van der Waals surface area contributed by atoms with Gasteiger partial charge in [0, 0.05) is 7.05 Å². The molecule has 1 amide bonds. The Kier molecular flexibility index (Phi) is 4.53. The number of benzene rings is 1. The molecule has 0 fully saturated rings. The SMILES string of the molecule is CNC(=O)CNS(=O)(=O)c1cccc(C(F)(F)F)c1. The topological polar surface area (TPSA) is 75.3 Å². The molecule has 0 bridgehead atoms. The lowest BCUT2D eigenvalue weighted by atomic mass is 10.2. The van der Waals surface area contributed by atoms with Crippen molar-refractivity contribution in [3.05, 3.63) is 29.8 Å². The summed E-state index contributed by atoms with van der Waals surface area (Å²) in [6.07, 6.45) is -4.63. The fraction of sp³-hybridized carbons (Fsp3) is 0.300. The van der Waals surface area contributed by atoms with Crippen molar-refractivity contribution in [2.75, 3.05) is 13.6 Å². The van der Waals surface area contributed by atoms with Crippen LogP contribution < -0.4 is 10.0 Å². The molecular formula is C10H11F3N2O3S. The zero-order valence-corrected chi connectivity index (χ0v) is 10.6. The van der Waals surface area contributed by atoms with Crippen LogP contribution in [0, 0.1) is 0 Å². The van der Waals surface area contributed by atoms with E-state index in [0.29, 0.717) is 6.07 Å². The van der Waals surface area contributed by atoms with Gasteiger partial charge in [-0.2, -0.15) is 13.2 Å². The molecule has 106 valence electrons. The third kappa shape index (κ3) is 4.21. The second-order valence-electron chi connectivity index (χ2n) is 3.52. The van der Waals surface area contributed by atoms with Gasteiger partial charge in [-0.05, 0) is 18.2 Å². The second-order valence-corrected chi connectivity index (χ2v) is 5.29. The van der Waals surface area contributed by atoms with E-state index in [4.69, 9.17) is 0 Å². The summed E-state index contributed by atoms with van der Waals surface area (Å²) in [5, 5.41) is 2.18. The summed E-state index contributed by atoms with van der Waals surface area (Å²) in [6.45, 7) is -0.547. The number of carbonyl (C=O) groups excluding carboxylic acids is 1. The Morgan fingerprint density at radius 1 is 1.32 bits per heavy atom. The quantitative estimate of drug-likeness (QED) is 0.860. The number of halogens is 3. The lowest BCUT2D eigenvalue weighted by molar-refractivity contribution is -0.137. The molecule has 0 radical (unpaired) electrons. The molecule has 0 atom stereocenters. The van der Waals surface area contributed by atoms with Crippen LogP contribution in [0.25, 0.3) is 0 Å². The molecule has 0 spiro atoms. The highest BCUT2D eigenvalue weighted by atomic mass is 32.2. The van der Waals surface area contributed by atoms with E-state index in [1.165, 1.54) is 7.05 Å². The van der Waals surface area contributed by atoms with E-state index in [9.17, 15) is 26.4 Å². The fourth-order valence-electron chi connectivity index (χ4n) is 1.17. The van der Waals surface area contributed by atoms with E-state index in [0.717, 1.165) is 18.2 Å². The van der Waals surface area contributed by atoms with E-state index in [1.807, 2.05) is 4.72 Å². The Hall–Kier alpha value is -1.61. The van der Waals surface area contributed by atoms with Gasteiger partial charge in [-0.1, -0.05) is 6.07 Å². The number of likely N-dealkylation sites (N-methyl/N-ethyl adjacent to an activating group) is 1. The van der Waals surface area contributed by atoms with Gasteiger partial charge < -0.3 is 5.32 Å². The van der Waals surface area contributed by atoms with Gasteiger partial charge in [0.25, 0.3) is 0 Å². The van der Waals surface area contributed by atoms with E-state index < -0.39 is 39.1 Å². The molecule has 0 unspecified atom stereocenters. The molecule has 1 rings (SSSR count). The second kappa shape index (κ2) is 5.57. The predicted molar refractivity (Wildman–Crippen MR) is 60.7 cm³/mol. The molecule has 1 aromatic carbocycles. The number of alkyl halides is 3. The first-order valence-electron chi connectivity index (χ1n) is 5.04. The summed E-state index contributed by atoms with van der Waals surface area (Å²) in [6, 6.07) is 3.27. The van der Waals surface area contributed by atoms with Crippen LogP contribution in [0.4, 0.5) is 13.2 Å². The Morgan fingerprint density at radius 2 is 1.95 bits per heavy atom. The van der Waals surface area contributed by atoms with Gasteiger partial charge in [-0.25, -0.2) is 13.1 Å². The van der Waals surface area contributed by atoms with Gasteiger partial charge in [-0.15, -0.1) is 0 Å². The van der Waals surface area contributed by atoms with Crippen LogP contribution in [0.3, 0.4) is 0 Å². The van der Waals surface area contributed by atoms with Gasteiger partial charge in [-0.3, -0.25) is 4.79 Å². The molecule has 0 saturated carbocycles. The minimum Gasteiger partial charge on any atom is -0.358 e. The van der Waals surface area contributed by atoms with Crippen molar-refractivity contribution in [2.45, 2.75) is 11.1 Å². The van der Waals surface area contributed by atoms with Crippen molar-refractivity contribution in [2.24, 2.45) is 0 Å². The summed E-state index contributed by atoms with van der Waals surface area (Å²) in [5.41, 5.74) is -1.07. The molecule has 0 saturated heterocycles. The lowest BCUT2D eigenvalue weighted by Crippen LogP contribution is -2.35. The van der Waals surface area contributed by atoms with Crippen molar-refractivity contribution in [3.8, 4) is 0 Å². The summed E-state index contributed by atoms with van der Waals surface area (Å²) >= 11 is 0. The maximum Gasteiger partial charge on any atom is 0.416 e. The number of nitrogens with one attached hydrogen (secondary N) is 2. The fourth-order valence-corrected chi connectivity index (χ4v) is 2.20. The molecule has 2 N–H and O–H groups in total. The monoisotopic (exact) mass is 296 g/mol. The maximum absolute atomic E-state index is 12.4. The van der Waals surface area contributed by atoms with Crippen molar-refractivity contribution in [3.63, 3.8) is 0 Å². The average molecular weight is 296 g/mol. The molecule has 5 nitrogen and oxygen atoms in total. The third-order valence-corrected chi connectivity index (χ3v) is 3.57. The van der Waals surface area contributed by atoms with Crippen LogP contribution in [0.1, 0.15) is 5.56 Å². The van der Waals surface area contributed by atoms with Crippen LogP contribution in [0.2, 0.25) is 0 Å². The van der Waals surface area contributed by atoms with E-state index >= 15 is 0 Å². The van der Waals surface area contributed by atoms with Gasteiger partial charge in [0.15, 0.2) is 0 Å². The molecule has 0 heterocycles. The number of amides is 1. The van der Waals surface area contributed by atoms with Crippen LogP contribution in [0.5, 0.6) is 0 Å². The van der Waals surface area contributed by atoms with E-state index in [-0.39, 0.29) is 0 Å². The van der Waals surface area contributed by atoms with Crippen molar-refractivity contribution in [1.29, 1.82) is 0 Å². The summed E-state index contributed by atoms with van der Waals surface area (Å²) in [7, 11) is -2.85. The number of hydrogen-bond acceptors (Lipinski definition) is 3. The number of rotatable bonds is 4. The van der Waals surface area contributed by atoms with Gasteiger partial charge >= 0.3 is 6.18 Å². The maximum atomic E-state index is 12.4. The first-order chi connectivity index (χ1) is 8.66. The van der Waals surface area contributed by atoms with Gasteiger partial charge in [0.05, 0.1) is 17.0 Å². The van der Waals surface area contributed by atoms with Crippen LogP contribution in [0.15, 0.2) is 29.2 Å². The summed E-state index contributed by atoms with van der Waals surface area (Å²) in [4.78, 5) is 10.3. The van der Waals surface area contributed by atoms with Crippen molar-refractivity contribution < 1.29 is 26.4 Å². The molecule has 0 aliphatic heterocycles. The predicted octanol–water partition coefficient (Wildman–Crippen LogP) is 0.730. The summed E-state index contributed by atoms with van der Waals surface area (Å²) in [5.74, 6) is -0.601. The smallest absolute Gasteiger partial charge is 0.358 e. The van der Waals surface area contributed by atoms with E-state index in [2.05, 4.69) is 5.32 Å². The highest BCUT2D eigenvalue weighted by Gasteiger charge is 2.31. The lowest BCUT2D eigenvalue weighted by Gasteiger charge is -2.09. The standard InChI is InChI=1S/C10H11F3N2O3S/c1-14-9(16)6-15-19(17,18)8-4-2-3-7(5-8)10(11,12)13/h2-5,15H,6H2,1H3,(H,14,16). The minimum absolute atomic E-state index is 0.506. The Labute approximate surface area is 107 Å². The largest absolute Gasteiger partial charge is 0.416 e. The highest BCUT2D eigenvalue weighted by molar-refractivity contribution is 7.89. The molecule has 0 aliphatic rings. The zero-order chi connectivity index (χ0) is 14.7. The molecule has 9 heteroatoms. The van der Waals surface area contributed by atoms with Crippen LogP contribution >= 0.6 is 0 Å². The Bertz CT molecular complexity index is 570. The van der Waals surface area contributed by atoms with Crippen molar-refractivity contribution in [1.82, 2.24) is 10.0 Å². The number of hydrogen-bond donors (Lipinski definition) is 2. The number of sulfonamides is 1. The first kappa shape index (κ1) is 15.4. The van der Waals surface area contributed by atoms with Crippen molar-refractivity contribution >= 4 is 15.9 Å². The first-order valence-corrected chi connectivity index (χ1v) is 6.52. The molecule has 0 aromatic heterocycles. The Morgan fingerprint density at radius 3 is 2.47 bits per heavy atom.